The third kappa shape index (κ3) is 2.21. The van der Waals surface area contributed by atoms with E-state index in [0.717, 1.165) is 25.8 Å². The van der Waals surface area contributed by atoms with Crippen molar-refractivity contribution in [2.75, 3.05) is 13.1 Å². The van der Waals surface area contributed by atoms with Gasteiger partial charge < -0.3 is 10.6 Å². The maximum atomic E-state index is 11.8. The molecule has 1 rings (SSSR count). The first kappa shape index (κ1) is 10.5. The molecule has 0 bridgehead atoms. The molecule has 1 saturated heterocycles. The first-order chi connectivity index (χ1) is 6.20. The molecule has 0 spiro atoms. The molecule has 13 heavy (non-hydrogen) atoms. The van der Waals surface area contributed by atoms with E-state index in [2.05, 4.69) is 13.8 Å². The number of carbonyl (C=O) groups excluding carboxylic acids is 1. The molecule has 0 saturated carbocycles. The minimum Gasteiger partial charge on any atom is -0.340 e. The predicted octanol–water partition coefficient (Wildman–Crippen LogP) is 0.982. The standard InChI is InChI=1S/C10H20N2O/c1-3-6-12-8(2)4-5-9(7-11)10(12)13/h8-9H,3-7,11H2,1-2H3/t8-,9-/m1/s1. The van der Waals surface area contributed by atoms with Crippen LogP contribution in [-0.2, 0) is 4.79 Å². The summed E-state index contributed by atoms with van der Waals surface area (Å²) in [6.07, 6.45) is 3.11. The zero-order valence-corrected chi connectivity index (χ0v) is 8.62. The first-order valence-electron chi connectivity index (χ1n) is 5.21. The Balaban J connectivity index is 2.60. The molecule has 3 nitrogen and oxygen atoms in total. The van der Waals surface area contributed by atoms with Gasteiger partial charge in [0.1, 0.15) is 0 Å². The Hall–Kier alpha value is -0.570. The summed E-state index contributed by atoms with van der Waals surface area (Å²) in [5, 5.41) is 0. The molecule has 1 fully saturated rings. The van der Waals surface area contributed by atoms with E-state index in [1.165, 1.54) is 0 Å². The van der Waals surface area contributed by atoms with Crippen molar-refractivity contribution in [2.24, 2.45) is 11.7 Å². The van der Waals surface area contributed by atoms with Crippen LogP contribution < -0.4 is 5.73 Å². The van der Waals surface area contributed by atoms with E-state index < -0.39 is 0 Å². The predicted molar refractivity (Wildman–Crippen MR) is 53.2 cm³/mol. The average molecular weight is 184 g/mol. The van der Waals surface area contributed by atoms with Crippen molar-refractivity contribution < 1.29 is 4.79 Å². The quantitative estimate of drug-likeness (QED) is 0.710. The second kappa shape index (κ2) is 4.61. The van der Waals surface area contributed by atoms with Gasteiger partial charge in [-0.25, -0.2) is 0 Å². The fraction of sp³-hybridized carbons (Fsp3) is 0.900. The minimum atomic E-state index is 0.0859. The van der Waals surface area contributed by atoms with Gasteiger partial charge in [0.2, 0.25) is 5.91 Å². The van der Waals surface area contributed by atoms with Gasteiger partial charge in [0.05, 0.1) is 5.92 Å². The van der Waals surface area contributed by atoms with Crippen LogP contribution in [0.2, 0.25) is 0 Å². The number of hydrogen-bond donors (Lipinski definition) is 1. The fourth-order valence-electron chi connectivity index (χ4n) is 1.96. The highest BCUT2D eigenvalue weighted by Gasteiger charge is 2.31. The molecule has 1 heterocycles. The summed E-state index contributed by atoms with van der Waals surface area (Å²) in [7, 11) is 0. The molecule has 0 aromatic heterocycles. The lowest BCUT2D eigenvalue weighted by Crippen LogP contribution is -2.48. The van der Waals surface area contributed by atoms with Crippen molar-refractivity contribution in [3.8, 4) is 0 Å². The zero-order valence-electron chi connectivity index (χ0n) is 8.62. The Labute approximate surface area is 80.3 Å². The van der Waals surface area contributed by atoms with Crippen molar-refractivity contribution in [2.45, 2.75) is 39.2 Å². The number of hydrogen-bond acceptors (Lipinski definition) is 2. The molecule has 1 amide bonds. The highest BCUT2D eigenvalue weighted by atomic mass is 16.2. The maximum Gasteiger partial charge on any atom is 0.227 e. The molecule has 2 atom stereocenters. The summed E-state index contributed by atoms with van der Waals surface area (Å²) in [5.74, 6) is 0.353. The monoisotopic (exact) mass is 184 g/mol. The number of nitrogens with zero attached hydrogens (tertiary/aromatic N) is 1. The van der Waals surface area contributed by atoms with Gasteiger partial charge in [0.25, 0.3) is 0 Å². The van der Waals surface area contributed by atoms with Gasteiger partial charge in [-0.05, 0) is 26.2 Å². The number of amides is 1. The topological polar surface area (TPSA) is 46.3 Å². The lowest BCUT2D eigenvalue weighted by molar-refractivity contribution is -0.140. The van der Waals surface area contributed by atoms with E-state index >= 15 is 0 Å². The fourth-order valence-corrected chi connectivity index (χ4v) is 1.96. The van der Waals surface area contributed by atoms with Gasteiger partial charge in [-0.2, -0.15) is 0 Å². The second-order valence-electron chi connectivity index (χ2n) is 3.89. The first-order valence-corrected chi connectivity index (χ1v) is 5.21. The summed E-state index contributed by atoms with van der Waals surface area (Å²) in [6.45, 7) is 5.62. The molecule has 2 N–H and O–H groups in total. The van der Waals surface area contributed by atoms with Gasteiger partial charge in [0.15, 0.2) is 0 Å². The number of carbonyl (C=O) groups is 1. The highest BCUT2D eigenvalue weighted by Crippen LogP contribution is 2.22. The van der Waals surface area contributed by atoms with E-state index in [1.807, 2.05) is 4.90 Å². The number of rotatable bonds is 3. The average Bonchev–Trinajstić information content (AvgIpc) is 2.12. The van der Waals surface area contributed by atoms with Gasteiger partial charge in [-0.15, -0.1) is 0 Å². The molecule has 0 unspecified atom stereocenters. The van der Waals surface area contributed by atoms with Crippen molar-refractivity contribution in [3.63, 3.8) is 0 Å². The minimum absolute atomic E-state index is 0.0859. The van der Waals surface area contributed by atoms with E-state index in [-0.39, 0.29) is 11.8 Å². The number of likely N-dealkylation sites (tertiary alicyclic amines) is 1. The van der Waals surface area contributed by atoms with Crippen LogP contribution in [0.3, 0.4) is 0 Å². The molecular weight excluding hydrogens is 164 g/mol. The van der Waals surface area contributed by atoms with E-state index in [0.29, 0.717) is 12.6 Å². The maximum absolute atomic E-state index is 11.8. The molecule has 0 aromatic rings. The van der Waals surface area contributed by atoms with Crippen LogP contribution in [0.1, 0.15) is 33.1 Å². The molecular formula is C10H20N2O. The molecule has 3 heteroatoms. The van der Waals surface area contributed by atoms with Gasteiger partial charge in [-0.1, -0.05) is 6.92 Å². The molecule has 0 aliphatic carbocycles. The van der Waals surface area contributed by atoms with Crippen LogP contribution in [0.5, 0.6) is 0 Å². The number of piperidine rings is 1. The van der Waals surface area contributed by atoms with Crippen molar-refractivity contribution in [1.82, 2.24) is 4.90 Å². The molecule has 0 aromatic carbocycles. The van der Waals surface area contributed by atoms with E-state index in [1.54, 1.807) is 0 Å². The van der Waals surface area contributed by atoms with Crippen molar-refractivity contribution >= 4 is 5.91 Å². The summed E-state index contributed by atoms with van der Waals surface area (Å²) in [5.41, 5.74) is 5.55. The van der Waals surface area contributed by atoms with Gasteiger partial charge >= 0.3 is 0 Å². The van der Waals surface area contributed by atoms with Crippen molar-refractivity contribution in [1.29, 1.82) is 0 Å². The summed E-state index contributed by atoms with van der Waals surface area (Å²) in [6, 6.07) is 0.412. The normalized spacial score (nSPS) is 29.5. The molecule has 1 aliphatic heterocycles. The van der Waals surface area contributed by atoms with Crippen LogP contribution in [-0.4, -0.2) is 29.9 Å². The largest absolute Gasteiger partial charge is 0.340 e. The lowest BCUT2D eigenvalue weighted by atomic mass is 9.92. The van der Waals surface area contributed by atoms with Crippen LogP contribution in [0.15, 0.2) is 0 Å². The summed E-state index contributed by atoms with van der Waals surface area (Å²) >= 11 is 0. The lowest BCUT2D eigenvalue weighted by Gasteiger charge is -2.37. The third-order valence-electron chi connectivity index (χ3n) is 2.85. The van der Waals surface area contributed by atoms with Gasteiger partial charge in [0, 0.05) is 19.1 Å². The van der Waals surface area contributed by atoms with E-state index in [9.17, 15) is 4.79 Å². The zero-order chi connectivity index (χ0) is 9.84. The third-order valence-corrected chi connectivity index (χ3v) is 2.85. The second-order valence-corrected chi connectivity index (χ2v) is 3.89. The number of nitrogens with two attached hydrogens (primary N) is 1. The van der Waals surface area contributed by atoms with Crippen LogP contribution >= 0.6 is 0 Å². The summed E-state index contributed by atoms with van der Waals surface area (Å²) in [4.78, 5) is 13.8. The Kier molecular flexibility index (Phi) is 3.72. The Bertz CT molecular complexity index is 182. The van der Waals surface area contributed by atoms with Gasteiger partial charge in [-0.3, -0.25) is 4.79 Å². The van der Waals surface area contributed by atoms with Crippen molar-refractivity contribution in [3.05, 3.63) is 0 Å². The van der Waals surface area contributed by atoms with Crippen LogP contribution in [0.25, 0.3) is 0 Å². The molecule has 76 valence electrons. The Morgan fingerprint density at radius 2 is 2.23 bits per heavy atom. The highest BCUT2D eigenvalue weighted by molar-refractivity contribution is 5.80. The molecule has 1 aliphatic rings. The SMILES string of the molecule is CCCN1C(=O)[C@@H](CN)CC[C@H]1C. The Morgan fingerprint density at radius 1 is 1.54 bits per heavy atom. The van der Waals surface area contributed by atoms with Crippen LogP contribution in [0.4, 0.5) is 0 Å². The van der Waals surface area contributed by atoms with E-state index in [4.69, 9.17) is 5.73 Å². The Morgan fingerprint density at radius 3 is 2.77 bits per heavy atom. The smallest absolute Gasteiger partial charge is 0.227 e. The van der Waals surface area contributed by atoms with Crippen LogP contribution in [0, 0.1) is 5.92 Å². The molecule has 0 radical (unpaired) electrons. The summed E-state index contributed by atoms with van der Waals surface area (Å²) < 4.78 is 0.